The van der Waals surface area contributed by atoms with Crippen LogP contribution in [0.1, 0.15) is 19.8 Å². The maximum atomic E-state index is 14.7. The van der Waals surface area contributed by atoms with Crippen LogP contribution in [0.5, 0.6) is 11.5 Å². The van der Waals surface area contributed by atoms with Crippen LogP contribution in [0.4, 0.5) is 10.1 Å². The maximum Gasteiger partial charge on any atom is 0.242 e. The number of hydrogen-bond donors (Lipinski definition) is 1. The minimum absolute atomic E-state index is 0. The van der Waals surface area contributed by atoms with E-state index in [0.29, 0.717) is 35.6 Å². The Kier molecular flexibility index (Phi) is 5.33. The van der Waals surface area contributed by atoms with E-state index in [2.05, 4.69) is 5.32 Å². The van der Waals surface area contributed by atoms with E-state index in [9.17, 15) is 17.6 Å². The first kappa shape index (κ1) is 22.4. The van der Waals surface area contributed by atoms with Crippen LogP contribution in [0, 0.1) is 5.82 Å². The van der Waals surface area contributed by atoms with Crippen LogP contribution in [-0.4, -0.2) is 39.5 Å². The summed E-state index contributed by atoms with van der Waals surface area (Å²) < 4.78 is 51.6. The fourth-order valence-corrected chi connectivity index (χ4v) is 5.02. The summed E-state index contributed by atoms with van der Waals surface area (Å²) in [5.41, 5.74) is 1.19. The summed E-state index contributed by atoms with van der Waals surface area (Å²) in [7, 11) is -0.799. The minimum Gasteiger partial charge on any atom is -0.454 e. The molecule has 0 atom stereocenters. The topological polar surface area (TPSA) is 84.9 Å². The van der Waals surface area contributed by atoms with Crippen LogP contribution < -0.4 is 14.8 Å². The number of fused-ring (bicyclic) bond motifs is 1. The van der Waals surface area contributed by atoms with Crippen LogP contribution >= 0.6 is 0 Å². The molecule has 0 unspecified atom stereocenters. The number of halogens is 1. The summed E-state index contributed by atoms with van der Waals surface area (Å²) in [4.78, 5) is 13.3. The number of ether oxygens (including phenoxy) is 2. The second-order valence-corrected chi connectivity index (χ2v) is 10.8. The largest absolute Gasteiger partial charge is 0.454 e. The van der Waals surface area contributed by atoms with Gasteiger partial charge in [0.05, 0.1) is 10.3 Å². The molecule has 7 nitrogen and oxygen atoms in total. The van der Waals surface area contributed by atoms with Gasteiger partial charge in [0.2, 0.25) is 22.7 Å². The number of rotatable bonds is 6. The van der Waals surface area contributed by atoms with E-state index in [1.165, 1.54) is 44.4 Å². The van der Waals surface area contributed by atoms with E-state index < -0.39 is 21.3 Å². The lowest BCUT2D eigenvalue weighted by Crippen LogP contribution is -2.27. The molecule has 1 heterocycles. The van der Waals surface area contributed by atoms with Crippen LogP contribution in [-0.2, 0) is 20.2 Å². The van der Waals surface area contributed by atoms with Gasteiger partial charge in [0.25, 0.3) is 0 Å². The Bertz CT molecular complexity index is 1410. The smallest absolute Gasteiger partial charge is 0.242 e. The van der Waals surface area contributed by atoms with Crippen molar-refractivity contribution in [2.24, 2.45) is 0 Å². The number of carbonyl (C=O) groups excluding carboxylic acids is 1. The van der Waals surface area contributed by atoms with Crippen molar-refractivity contribution in [3.63, 3.8) is 0 Å². The van der Waals surface area contributed by atoms with Crippen molar-refractivity contribution >= 4 is 21.6 Å². The van der Waals surface area contributed by atoms with Gasteiger partial charge in [-0.3, -0.25) is 4.79 Å². The summed E-state index contributed by atoms with van der Waals surface area (Å²) in [5.74, 6) is 0.567. The monoisotopic (exact) mass is 484 g/mol. The molecule has 5 rings (SSSR count). The molecule has 2 aliphatic rings. The van der Waals surface area contributed by atoms with Crippen molar-refractivity contribution in [2.45, 2.75) is 23.2 Å². The van der Waals surface area contributed by atoms with E-state index in [1.54, 1.807) is 18.2 Å². The molecule has 3 aromatic rings. The molecular weight excluding hydrogens is 459 g/mol. The Morgan fingerprint density at radius 2 is 1.79 bits per heavy atom. The minimum atomic E-state index is -3.67. The average Bonchev–Trinajstić information content (AvgIpc) is 3.51. The van der Waals surface area contributed by atoms with Gasteiger partial charge in [-0.2, -0.15) is 0 Å². The van der Waals surface area contributed by atoms with Gasteiger partial charge in [-0.25, -0.2) is 17.1 Å². The lowest BCUT2D eigenvalue weighted by Gasteiger charge is -2.17. The number of nitrogens with one attached hydrogen (secondary N) is 1. The van der Waals surface area contributed by atoms with Gasteiger partial charge in [-0.1, -0.05) is 18.2 Å². The maximum absolute atomic E-state index is 14.7. The SMILES string of the molecule is CN(C)S(=O)(=O)c1cccc(-c2cc(NC(=O)C3(c4ccc5c(c4)OCO5)CC3)ccc2F)c1.[HH]. The Hall–Kier alpha value is -3.43. The van der Waals surface area contributed by atoms with Crippen molar-refractivity contribution in [3.8, 4) is 22.6 Å². The van der Waals surface area contributed by atoms with Crippen molar-refractivity contribution in [1.29, 1.82) is 0 Å². The van der Waals surface area contributed by atoms with Crippen LogP contribution in [0.3, 0.4) is 0 Å². The standard InChI is InChI=1S/C25H23FN2O5S.H2/c1-28(2)34(30,31)19-5-3-4-16(12-19)20-14-18(7-8-21(20)26)27-24(29)25(10-11-25)17-6-9-22-23(13-17)33-15-32-22;/h3-9,12-14H,10-11,15H2,1-2H3,(H,27,29);1H. The van der Waals surface area contributed by atoms with Gasteiger partial charge in [0, 0.05) is 26.8 Å². The zero-order chi connectivity index (χ0) is 24.1. The van der Waals surface area contributed by atoms with Crippen molar-refractivity contribution < 1.29 is 28.5 Å². The van der Waals surface area contributed by atoms with E-state index >= 15 is 0 Å². The van der Waals surface area contributed by atoms with Crippen LogP contribution in [0.2, 0.25) is 0 Å². The number of sulfonamides is 1. The van der Waals surface area contributed by atoms with E-state index in [1.807, 2.05) is 12.1 Å². The first-order valence-corrected chi connectivity index (χ1v) is 12.2. The highest BCUT2D eigenvalue weighted by Crippen LogP contribution is 2.51. The number of nitrogens with zero attached hydrogens (tertiary/aromatic N) is 1. The second kappa shape index (κ2) is 8.11. The number of anilines is 1. The molecule has 34 heavy (non-hydrogen) atoms. The van der Waals surface area contributed by atoms with Gasteiger partial charge in [0.15, 0.2) is 11.5 Å². The molecule has 1 saturated carbocycles. The molecule has 0 radical (unpaired) electrons. The molecule has 3 aromatic carbocycles. The Balaban J connectivity index is 0.00000289. The van der Waals surface area contributed by atoms with Crippen LogP contribution in [0.15, 0.2) is 65.6 Å². The quantitative estimate of drug-likeness (QED) is 0.561. The molecule has 1 amide bonds. The third kappa shape index (κ3) is 3.80. The fraction of sp³-hybridized carbons (Fsp3) is 0.240. The highest BCUT2D eigenvalue weighted by atomic mass is 32.2. The van der Waals surface area contributed by atoms with Crippen LogP contribution in [0.25, 0.3) is 11.1 Å². The zero-order valence-electron chi connectivity index (χ0n) is 18.7. The lowest BCUT2D eigenvalue weighted by molar-refractivity contribution is -0.118. The normalized spacial score (nSPS) is 15.9. The summed E-state index contributed by atoms with van der Waals surface area (Å²) >= 11 is 0. The molecular formula is C25H25FN2O5S. The molecule has 1 aliphatic carbocycles. The van der Waals surface area contributed by atoms with Crippen molar-refractivity contribution in [2.75, 3.05) is 26.2 Å². The molecule has 1 N–H and O–H groups in total. The van der Waals surface area contributed by atoms with Gasteiger partial charge >= 0.3 is 0 Å². The second-order valence-electron chi connectivity index (χ2n) is 8.61. The summed E-state index contributed by atoms with van der Waals surface area (Å²) in [5, 5.41) is 2.91. The molecule has 0 saturated heterocycles. The third-order valence-corrected chi connectivity index (χ3v) is 8.07. The van der Waals surface area contributed by atoms with E-state index in [-0.39, 0.29) is 24.6 Å². The molecule has 1 fully saturated rings. The van der Waals surface area contributed by atoms with Gasteiger partial charge in [-0.05, 0) is 66.4 Å². The Labute approximate surface area is 198 Å². The first-order chi connectivity index (χ1) is 16.2. The predicted molar refractivity (Wildman–Crippen MR) is 127 cm³/mol. The predicted octanol–water partition coefficient (Wildman–Crippen LogP) is 4.39. The fourth-order valence-electron chi connectivity index (χ4n) is 4.08. The number of amides is 1. The zero-order valence-corrected chi connectivity index (χ0v) is 19.5. The molecule has 1 aliphatic heterocycles. The van der Waals surface area contributed by atoms with Crippen molar-refractivity contribution in [1.82, 2.24) is 4.31 Å². The van der Waals surface area contributed by atoms with Gasteiger partial charge < -0.3 is 14.8 Å². The van der Waals surface area contributed by atoms with Crippen molar-refractivity contribution in [3.05, 3.63) is 72.0 Å². The average molecular weight is 485 g/mol. The Morgan fingerprint density at radius 3 is 2.53 bits per heavy atom. The third-order valence-electron chi connectivity index (χ3n) is 6.26. The number of carbonyl (C=O) groups is 1. The Morgan fingerprint density at radius 1 is 1.03 bits per heavy atom. The highest BCUT2D eigenvalue weighted by Gasteiger charge is 2.51. The lowest BCUT2D eigenvalue weighted by atomic mass is 9.94. The molecule has 178 valence electrons. The summed E-state index contributed by atoms with van der Waals surface area (Å²) in [6, 6.07) is 15.9. The molecule has 0 bridgehead atoms. The number of benzene rings is 3. The first-order valence-electron chi connectivity index (χ1n) is 10.7. The molecule has 0 aromatic heterocycles. The number of hydrogen-bond acceptors (Lipinski definition) is 5. The van der Waals surface area contributed by atoms with Gasteiger partial charge in [0.1, 0.15) is 5.82 Å². The molecule has 0 spiro atoms. The van der Waals surface area contributed by atoms with Gasteiger partial charge in [-0.15, -0.1) is 0 Å². The van der Waals surface area contributed by atoms with E-state index in [0.717, 1.165) is 9.87 Å². The summed E-state index contributed by atoms with van der Waals surface area (Å²) in [6.07, 6.45) is 1.38. The molecule has 9 heteroatoms. The highest BCUT2D eigenvalue weighted by molar-refractivity contribution is 7.89. The van der Waals surface area contributed by atoms with E-state index in [4.69, 9.17) is 9.47 Å². The summed E-state index contributed by atoms with van der Waals surface area (Å²) in [6.45, 7) is 0.160.